The lowest BCUT2D eigenvalue weighted by atomic mass is 10.1. The highest BCUT2D eigenvalue weighted by Crippen LogP contribution is 2.24. The van der Waals surface area contributed by atoms with Gasteiger partial charge in [-0.1, -0.05) is 12.1 Å². The van der Waals surface area contributed by atoms with E-state index in [4.69, 9.17) is 5.73 Å². The Hall–Kier alpha value is -2.82. The molecule has 3 rings (SSSR count). The van der Waals surface area contributed by atoms with Crippen molar-refractivity contribution in [3.8, 4) is 22.5 Å². The van der Waals surface area contributed by atoms with E-state index < -0.39 is 0 Å². The predicted molar refractivity (Wildman–Crippen MR) is 75.1 cm³/mol. The molecule has 0 atom stereocenters. The molecular formula is C15H11FN4. The Morgan fingerprint density at radius 3 is 2.50 bits per heavy atom. The molecule has 2 heterocycles. The molecule has 0 fully saturated rings. The number of hydrogen-bond donors (Lipinski definition) is 1. The van der Waals surface area contributed by atoms with E-state index in [1.54, 1.807) is 42.7 Å². The van der Waals surface area contributed by atoms with Crippen LogP contribution in [-0.2, 0) is 0 Å². The average Bonchev–Trinajstić information content (AvgIpc) is 2.49. The molecule has 20 heavy (non-hydrogen) atoms. The Morgan fingerprint density at radius 2 is 1.75 bits per heavy atom. The molecule has 0 bridgehead atoms. The molecule has 5 heteroatoms. The van der Waals surface area contributed by atoms with Gasteiger partial charge in [0.1, 0.15) is 11.6 Å². The van der Waals surface area contributed by atoms with Crippen molar-refractivity contribution >= 4 is 5.82 Å². The molecule has 0 unspecified atom stereocenters. The Balaban J connectivity index is 2.06. The molecule has 0 aliphatic heterocycles. The lowest BCUT2D eigenvalue weighted by Crippen LogP contribution is -1.93. The summed E-state index contributed by atoms with van der Waals surface area (Å²) in [5, 5.41) is 0. The Labute approximate surface area is 115 Å². The summed E-state index contributed by atoms with van der Waals surface area (Å²) in [6, 6.07) is 10.1. The van der Waals surface area contributed by atoms with Gasteiger partial charge in [0.05, 0.1) is 23.8 Å². The lowest BCUT2D eigenvalue weighted by Gasteiger charge is -2.05. The molecule has 4 nitrogen and oxygen atoms in total. The molecule has 0 amide bonds. The van der Waals surface area contributed by atoms with Gasteiger partial charge in [-0.15, -0.1) is 0 Å². The maximum atomic E-state index is 13.8. The van der Waals surface area contributed by atoms with E-state index in [-0.39, 0.29) is 5.82 Å². The molecule has 0 aliphatic rings. The van der Waals surface area contributed by atoms with E-state index in [9.17, 15) is 4.39 Å². The zero-order valence-electron chi connectivity index (χ0n) is 10.5. The summed E-state index contributed by atoms with van der Waals surface area (Å²) in [6.45, 7) is 0. The predicted octanol–water partition coefficient (Wildman–Crippen LogP) is 2.93. The minimum absolute atomic E-state index is 0.305. The first-order valence-corrected chi connectivity index (χ1v) is 6.03. The van der Waals surface area contributed by atoms with Gasteiger partial charge in [-0.2, -0.15) is 0 Å². The van der Waals surface area contributed by atoms with Gasteiger partial charge in [0.25, 0.3) is 0 Å². The van der Waals surface area contributed by atoms with Crippen molar-refractivity contribution in [3.63, 3.8) is 0 Å². The van der Waals surface area contributed by atoms with E-state index in [0.29, 0.717) is 22.8 Å². The van der Waals surface area contributed by atoms with E-state index in [0.717, 1.165) is 5.56 Å². The molecule has 1 aromatic carbocycles. The van der Waals surface area contributed by atoms with Crippen LogP contribution in [-0.4, -0.2) is 15.0 Å². The van der Waals surface area contributed by atoms with Crippen LogP contribution in [0.15, 0.2) is 55.0 Å². The second-order valence-electron chi connectivity index (χ2n) is 4.24. The van der Waals surface area contributed by atoms with Gasteiger partial charge in [0, 0.05) is 17.3 Å². The molecular weight excluding hydrogens is 255 g/mol. The number of pyridine rings is 1. The third kappa shape index (κ3) is 2.33. The minimum atomic E-state index is -0.305. The summed E-state index contributed by atoms with van der Waals surface area (Å²) in [6.07, 6.45) is 4.68. The first-order valence-electron chi connectivity index (χ1n) is 6.03. The van der Waals surface area contributed by atoms with Crippen LogP contribution >= 0.6 is 0 Å². The summed E-state index contributed by atoms with van der Waals surface area (Å²) in [7, 11) is 0. The molecule has 0 saturated carbocycles. The number of anilines is 1. The van der Waals surface area contributed by atoms with Gasteiger partial charge in [-0.05, 0) is 24.3 Å². The van der Waals surface area contributed by atoms with Crippen LogP contribution in [0.3, 0.4) is 0 Å². The maximum Gasteiger partial charge on any atom is 0.141 e. The van der Waals surface area contributed by atoms with Crippen LogP contribution in [0.5, 0.6) is 0 Å². The largest absolute Gasteiger partial charge is 0.382 e. The van der Waals surface area contributed by atoms with Crippen molar-refractivity contribution in [1.29, 1.82) is 0 Å². The Morgan fingerprint density at radius 1 is 0.900 bits per heavy atom. The fourth-order valence-electron chi connectivity index (χ4n) is 1.89. The third-order valence-electron chi connectivity index (χ3n) is 2.88. The van der Waals surface area contributed by atoms with Crippen molar-refractivity contribution in [2.24, 2.45) is 0 Å². The summed E-state index contributed by atoms with van der Waals surface area (Å²) < 4.78 is 13.8. The minimum Gasteiger partial charge on any atom is -0.382 e. The van der Waals surface area contributed by atoms with Crippen LogP contribution in [0.4, 0.5) is 10.2 Å². The summed E-state index contributed by atoms with van der Waals surface area (Å²) >= 11 is 0. The van der Waals surface area contributed by atoms with Gasteiger partial charge >= 0.3 is 0 Å². The van der Waals surface area contributed by atoms with Crippen LogP contribution in [0.1, 0.15) is 0 Å². The molecule has 2 aromatic heterocycles. The number of halogens is 1. The Bertz CT molecular complexity index is 741. The molecule has 3 aromatic rings. The van der Waals surface area contributed by atoms with Crippen LogP contribution in [0.25, 0.3) is 22.5 Å². The summed E-state index contributed by atoms with van der Waals surface area (Å²) in [5.74, 6) is 0.0534. The molecule has 2 N–H and O–H groups in total. The van der Waals surface area contributed by atoms with Crippen molar-refractivity contribution in [2.45, 2.75) is 0 Å². The van der Waals surface area contributed by atoms with E-state index in [2.05, 4.69) is 15.0 Å². The smallest absolute Gasteiger partial charge is 0.141 e. The first-order chi connectivity index (χ1) is 9.74. The topological polar surface area (TPSA) is 64.7 Å². The Kier molecular flexibility index (Phi) is 3.09. The van der Waals surface area contributed by atoms with E-state index in [1.165, 1.54) is 12.3 Å². The monoisotopic (exact) mass is 266 g/mol. The number of nitrogens with zero attached hydrogens (tertiary/aromatic N) is 3. The number of hydrogen-bond acceptors (Lipinski definition) is 4. The zero-order chi connectivity index (χ0) is 13.9. The van der Waals surface area contributed by atoms with Crippen molar-refractivity contribution in [2.75, 3.05) is 5.73 Å². The van der Waals surface area contributed by atoms with Gasteiger partial charge in [-0.3, -0.25) is 9.97 Å². The van der Waals surface area contributed by atoms with Gasteiger partial charge in [0.15, 0.2) is 0 Å². The van der Waals surface area contributed by atoms with Gasteiger partial charge in [0.2, 0.25) is 0 Å². The van der Waals surface area contributed by atoms with E-state index in [1.807, 2.05) is 0 Å². The van der Waals surface area contributed by atoms with E-state index >= 15 is 0 Å². The second-order valence-corrected chi connectivity index (χ2v) is 4.24. The highest BCUT2D eigenvalue weighted by Gasteiger charge is 2.07. The SMILES string of the molecule is Nc1cnc(-c2ccnc(-c3ccccc3F)c2)cn1. The average molecular weight is 266 g/mol. The van der Waals surface area contributed by atoms with Gasteiger partial charge < -0.3 is 5.73 Å². The number of nitrogens with two attached hydrogens (primary N) is 1. The van der Waals surface area contributed by atoms with Gasteiger partial charge in [-0.25, -0.2) is 9.37 Å². The molecule has 0 spiro atoms. The normalized spacial score (nSPS) is 10.4. The first kappa shape index (κ1) is 12.2. The number of aromatic nitrogens is 3. The van der Waals surface area contributed by atoms with Crippen LogP contribution in [0.2, 0.25) is 0 Å². The van der Waals surface area contributed by atoms with Crippen molar-refractivity contribution in [3.05, 3.63) is 60.8 Å². The quantitative estimate of drug-likeness (QED) is 0.774. The fourth-order valence-corrected chi connectivity index (χ4v) is 1.89. The molecule has 0 radical (unpaired) electrons. The highest BCUT2D eigenvalue weighted by molar-refractivity contribution is 5.68. The number of benzene rings is 1. The van der Waals surface area contributed by atoms with Crippen molar-refractivity contribution in [1.82, 2.24) is 15.0 Å². The molecule has 0 saturated heterocycles. The van der Waals surface area contributed by atoms with Crippen LogP contribution in [0, 0.1) is 5.82 Å². The molecule has 0 aliphatic carbocycles. The fraction of sp³-hybridized carbons (Fsp3) is 0. The maximum absolute atomic E-state index is 13.8. The second kappa shape index (κ2) is 5.05. The lowest BCUT2D eigenvalue weighted by molar-refractivity contribution is 0.631. The number of nitrogen functional groups attached to an aromatic ring is 1. The standard InChI is InChI=1S/C15H11FN4/c16-12-4-2-1-3-11(12)13-7-10(5-6-18-13)14-8-20-15(17)9-19-14/h1-9H,(H2,17,20). The molecule has 98 valence electrons. The highest BCUT2D eigenvalue weighted by atomic mass is 19.1. The van der Waals surface area contributed by atoms with Crippen molar-refractivity contribution < 1.29 is 4.39 Å². The summed E-state index contributed by atoms with van der Waals surface area (Å²) in [4.78, 5) is 12.4. The third-order valence-corrected chi connectivity index (χ3v) is 2.88. The van der Waals surface area contributed by atoms with Crippen LogP contribution < -0.4 is 5.73 Å². The zero-order valence-corrected chi connectivity index (χ0v) is 10.5. The number of rotatable bonds is 2. The summed E-state index contributed by atoms with van der Waals surface area (Å²) in [5.41, 5.74) is 8.00.